The van der Waals surface area contributed by atoms with Crippen LogP contribution in [0.25, 0.3) is 0 Å². The van der Waals surface area contributed by atoms with Gasteiger partial charge in [-0.25, -0.2) is 0 Å². The van der Waals surface area contributed by atoms with Crippen LogP contribution in [0.3, 0.4) is 0 Å². The molecule has 0 fully saturated rings. The number of aryl methyl sites for hydroxylation is 1. The van der Waals surface area contributed by atoms with E-state index in [1.54, 1.807) is 0 Å². The maximum atomic E-state index is 8.87. The molecular formula is C13H16N6. The van der Waals surface area contributed by atoms with E-state index in [9.17, 15) is 0 Å². The second kappa shape index (κ2) is 4.86. The van der Waals surface area contributed by atoms with Crippen molar-refractivity contribution in [3.63, 3.8) is 0 Å². The topological polar surface area (TPSA) is 62.7 Å². The van der Waals surface area contributed by atoms with Crippen molar-refractivity contribution in [2.24, 2.45) is 0 Å². The maximum Gasteiger partial charge on any atom is 0.162 e. The van der Waals surface area contributed by atoms with Crippen molar-refractivity contribution in [3.8, 4) is 6.07 Å². The predicted molar refractivity (Wildman–Crippen MR) is 69.0 cm³/mol. The lowest BCUT2D eigenvalue weighted by molar-refractivity contribution is 0.205. The third-order valence-corrected chi connectivity index (χ3v) is 3.41. The number of hydrogen-bond acceptors (Lipinski definition) is 4. The van der Waals surface area contributed by atoms with Gasteiger partial charge in [0.2, 0.25) is 0 Å². The minimum atomic E-state index is 0.510. The Bertz CT molecular complexity index is 617. The van der Waals surface area contributed by atoms with Gasteiger partial charge in [0.15, 0.2) is 5.69 Å². The third-order valence-electron chi connectivity index (χ3n) is 3.41. The summed E-state index contributed by atoms with van der Waals surface area (Å²) in [6.07, 6.45) is 4.02. The molecule has 19 heavy (non-hydrogen) atoms. The lowest BCUT2D eigenvalue weighted by Gasteiger charge is -2.26. The van der Waals surface area contributed by atoms with Crippen LogP contribution in [0.2, 0.25) is 0 Å². The molecule has 6 heteroatoms. The average Bonchev–Trinajstić information content (AvgIpc) is 3.04. The SMILES string of the molecule is CCn1cc(CN2CCn3nc(C#N)cc3C2)cn1. The summed E-state index contributed by atoms with van der Waals surface area (Å²) in [5.41, 5.74) is 2.86. The van der Waals surface area contributed by atoms with Crippen LogP contribution in [0.4, 0.5) is 0 Å². The molecule has 0 spiro atoms. The second-order valence-corrected chi connectivity index (χ2v) is 4.77. The van der Waals surface area contributed by atoms with E-state index in [4.69, 9.17) is 5.26 Å². The minimum Gasteiger partial charge on any atom is -0.291 e. The van der Waals surface area contributed by atoms with Crippen LogP contribution >= 0.6 is 0 Å². The van der Waals surface area contributed by atoms with Crippen molar-refractivity contribution in [2.45, 2.75) is 33.1 Å². The molecule has 2 aromatic heterocycles. The van der Waals surface area contributed by atoms with E-state index in [1.807, 2.05) is 21.6 Å². The molecule has 0 bridgehead atoms. The van der Waals surface area contributed by atoms with Crippen LogP contribution in [-0.2, 0) is 26.2 Å². The molecule has 1 aliphatic rings. The Morgan fingerprint density at radius 3 is 3.05 bits per heavy atom. The van der Waals surface area contributed by atoms with Crippen molar-refractivity contribution in [2.75, 3.05) is 6.54 Å². The number of fused-ring (bicyclic) bond motifs is 1. The highest BCUT2D eigenvalue weighted by Gasteiger charge is 2.18. The number of nitrogens with zero attached hydrogens (tertiary/aromatic N) is 6. The zero-order valence-corrected chi connectivity index (χ0v) is 11.0. The summed E-state index contributed by atoms with van der Waals surface area (Å²) in [6, 6.07) is 3.97. The zero-order valence-electron chi connectivity index (χ0n) is 11.0. The van der Waals surface area contributed by atoms with Gasteiger partial charge in [0, 0.05) is 37.9 Å². The van der Waals surface area contributed by atoms with E-state index in [-0.39, 0.29) is 0 Å². The van der Waals surface area contributed by atoms with Gasteiger partial charge in [-0.3, -0.25) is 14.3 Å². The van der Waals surface area contributed by atoms with E-state index >= 15 is 0 Å². The Labute approximate surface area is 111 Å². The first-order chi connectivity index (χ1) is 9.28. The first kappa shape index (κ1) is 11.9. The van der Waals surface area contributed by atoms with E-state index < -0.39 is 0 Å². The van der Waals surface area contributed by atoms with Gasteiger partial charge in [0.1, 0.15) is 6.07 Å². The molecule has 2 aromatic rings. The normalized spacial score (nSPS) is 15.2. The molecule has 0 amide bonds. The van der Waals surface area contributed by atoms with Crippen molar-refractivity contribution in [1.82, 2.24) is 24.5 Å². The summed E-state index contributed by atoms with van der Waals surface area (Å²) in [7, 11) is 0. The van der Waals surface area contributed by atoms with Crippen LogP contribution in [0.5, 0.6) is 0 Å². The fraction of sp³-hybridized carbons (Fsp3) is 0.462. The fourth-order valence-electron chi connectivity index (χ4n) is 2.43. The highest BCUT2D eigenvalue weighted by molar-refractivity contribution is 5.23. The summed E-state index contributed by atoms with van der Waals surface area (Å²) in [4.78, 5) is 2.36. The Morgan fingerprint density at radius 1 is 1.42 bits per heavy atom. The predicted octanol–water partition coefficient (Wildman–Crippen LogP) is 0.987. The Balaban J connectivity index is 1.70. The highest BCUT2D eigenvalue weighted by atomic mass is 15.3. The number of rotatable bonds is 3. The van der Waals surface area contributed by atoms with Gasteiger partial charge in [-0.05, 0) is 13.0 Å². The maximum absolute atomic E-state index is 8.87. The van der Waals surface area contributed by atoms with Gasteiger partial charge in [-0.1, -0.05) is 0 Å². The van der Waals surface area contributed by atoms with Crippen molar-refractivity contribution >= 4 is 0 Å². The van der Waals surface area contributed by atoms with Crippen LogP contribution in [0.1, 0.15) is 23.9 Å². The smallest absolute Gasteiger partial charge is 0.162 e. The Morgan fingerprint density at radius 2 is 2.32 bits per heavy atom. The highest BCUT2D eigenvalue weighted by Crippen LogP contribution is 2.15. The molecule has 0 unspecified atom stereocenters. The van der Waals surface area contributed by atoms with Gasteiger partial charge < -0.3 is 0 Å². The molecular weight excluding hydrogens is 240 g/mol. The summed E-state index contributed by atoms with van der Waals surface area (Å²) < 4.78 is 3.88. The molecule has 3 rings (SSSR count). The first-order valence-corrected chi connectivity index (χ1v) is 6.49. The quantitative estimate of drug-likeness (QED) is 0.821. The fourth-order valence-corrected chi connectivity index (χ4v) is 2.43. The molecule has 3 heterocycles. The van der Waals surface area contributed by atoms with E-state index in [0.29, 0.717) is 5.69 Å². The zero-order chi connectivity index (χ0) is 13.2. The molecule has 0 aromatic carbocycles. The van der Waals surface area contributed by atoms with Crippen LogP contribution in [0, 0.1) is 11.3 Å². The largest absolute Gasteiger partial charge is 0.291 e. The van der Waals surface area contributed by atoms with Crippen LogP contribution < -0.4 is 0 Å². The average molecular weight is 256 g/mol. The molecule has 0 N–H and O–H groups in total. The molecule has 1 aliphatic heterocycles. The Kier molecular flexibility index (Phi) is 3.05. The van der Waals surface area contributed by atoms with E-state index in [0.717, 1.165) is 38.4 Å². The van der Waals surface area contributed by atoms with E-state index in [1.165, 1.54) is 5.56 Å². The van der Waals surface area contributed by atoms with Gasteiger partial charge in [0.25, 0.3) is 0 Å². The second-order valence-electron chi connectivity index (χ2n) is 4.77. The van der Waals surface area contributed by atoms with Crippen molar-refractivity contribution < 1.29 is 0 Å². The summed E-state index contributed by atoms with van der Waals surface area (Å²) in [5, 5.41) is 17.4. The Hall–Kier alpha value is -2.13. The molecule has 0 radical (unpaired) electrons. The number of nitriles is 1. The first-order valence-electron chi connectivity index (χ1n) is 6.49. The van der Waals surface area contributed by atoms with Gasteiger partial charge in [-0.15, -0.1) is 0 Å². The van der Waals surface area contributed by atoms with Crippen LogP contribution in [0.15, 0.2) is 18.5 Å². The molecule has 0 aliphatic carbocycles. The molecule has 0 atom stereocenters. The van der Waals surface area contributed by atoms with Gasteiger partial charge in [0.05, 0.1) is 18.4 Å². The summed E-state index contributed by atoms with van der Waals surface area (Å²) in [5.74, 6) is 0. The lowest BCUT2D eigenvalue weighted by Crippen LogP contribution is -2.33. The standard InChI is InChI=1S/C13H16N6/c1-2-18-9-11(7-15-18)8-17-3-4-19-13(10-17)5-12(6-14)16-19/h5,7,9H,2-4,8,10H2,1H3. The summed E-state index contributed by atoms with van der Waals surface area (Å²) >= 11 is 0. The van der Waals surface area contributed by atoms with Gasteiger partial charge in [-0.2, -0.15) is 15.5 Å². The van der Waals surface area contributed by atoms with Crippen molar-refractivity contribution in [1.29, 1.82) is 5.26 Å². The number of hydrogen-bond donors (Lipinski definition) is 0. The number of aromatic nitrogens is 4. The van der Waals surface area contributed by atoms with Crippen LogP contribution in [-0.4, -0.2) is 31.0 Å². The summed E-state index contributed by atoms with van der Waals surface area (Å²) in [6.45, 7) is 6.52. The molecule has 98 valence electrons. The van der Waals surface area contributed by atoms with Gasteiger partial charge >= 0.3 is 0 Å². The third kappa shape index (κ3) is 2.37. The minimum absolute atomic E-state index is 0.510. The van der Waals surface area contributed by atoms with Crippen molar-refractivity contribution in [3.05, 3.63) is 35.4 Å². The molecule has 0 saturated heterocycles. The lowest BCUT2D eigenvalue weighted by atomic mass is 10.2. The monoisotopic (exact) mass is 256 g/mol. The molecule has 6 nitrogen and oxygen atoms in total. The van der Waals surface area contributed by atoms with E-state index in [2.05, 4.69) is 34.3 Å². The molecule has 0 saturated carbocycles.